The predicted octanol–water partition coefficient (Wildman–Crippen LogP) is 10.4. The van der Waals surface area contributed by atoms with Crippen molar-refractivity contribution in [2.75, 3.05) is 13.7 Å². The van der Waals surface area contributed by atoms with Gasteiger partial charge in [0.2, 0.25) is 5.78 Å². The number of aromatic nitrogens is 1. The summed E-state index contributed by atoms with van der Waals surface area (Å²) in [6.45, 7) is 13.2. The second-order valence-electron chi connectivity index (χ2n) is 14.0. The lowest BCUT2D eigenvalue weighted by Gasteiger charge is -2.34. The Hall–Kier alpha value is -4.48. The lowest BCUT2D eigenvalue weighted by atomic mass is 9.99. The van der Waals surface area contributed by atoms with Crippen LogP contribution >= 0.6 is 0 Å². The molecule has 0 spiro atoms. The van der Waals surface area contributed by atoms with Crippen molar-refractivity contribution in [1.29, 1.82) is 0 Å². The molecule has 0 atom stereocenters. The first-order valence-electron chi connectivity index (χ1n) is 17.5. The van der Waals surface area contributed by atoms with Gasteiger partial charge in [-0.05, 0) is 85.8 Å². The van der Waals surface area contributed by atoms with Gasteiger partial charge in [-0.1, -0.05) is 70.2 Å². The number of fused-ring (bicyclic) bond motifs is 1. The Morgan fingerprint density at radius 2 is 1.38 bits per heavy atom. The fourth-order valence-electron chi connectivity index (χ4n) is 6.95. The third-order valence-corrected chi connectivity index (χ3v) is 9.36. The van der Waals surface area contributed by atoms with Crippen LogP contribution in [0.25, 0.3) is 5.52 Å². The fraction of sp³-hybridized carbons (Fsp3) is 0.349. The summed E-state index contributed by atoms with van der Waals surface area (Å²) in [6, 6.07) is 32.1. The molecule has 0 radical (unpaired) electrons. The number of rotatable bonds is 14. The van der Waals surface area contributed by atoms with Crippen LogP contribution in [0.1, 0.15) is 85.8 Å². The zero-order valence-electron chi connectivity index (χ0n) is 29.8. The van der Waals surface area contributed by atoms with Crippen LogP contribution < -0.4 is 4.48 Å². The van der Waals surface area contributed by atoms with Crippen LogP contribution in [0.5, 0.6) is 0 Å². The smallest absolute Gasteiger partial charge is 0.305 e. The van der Waals surface area contributed by atoms with Crippen molar-refractivity contribution in [1.82, 2.24) is 8.88 Å². The monoisotopic (exact) mass is 643 g/mol. The minimum Gasteiger partial charge on any atom is -0.466 e. The Morgan fingerprint density at radius 3 is 1.94 bits per heavy atom. The molecule has 0 amide bonds. The fourth-order valence-corrected chi connectivity index (χ4v) is 6.95. The van der Waals surface area contributed by atoms with Crippen molar-refractivity contribution >= 4 is 34.3 Å². The quantitative estimate of drug-likeness (QED) is 0.0687. The Bertz CT molecular complexity index is 1810. The number of hydrogen-bond acceptors (Lipinski definition) is 3. The highest BCUT2D eigenvalue weighted by Gasteiger charge is 2.33. The van der Waals surface area contributed by atoms with E-state index in [1.54, 1.807) is 0 Å². The summed E-state index contributed by atoms with van der Waals surface area (Å²) in [5.41, 5.74) is 10.3. The maximum Gasteiger partial charge on any atom is 0.305 e. The molecular weight excluding hydrogens is 592 g/mol. The van der Waals surface area contributed by atoms with Gasteiger partial charge in [0.05, 0.1) is 19.3 Å². The van der Waals surface area contributed by atoms with Crippen LogP contribution in [0.4, 0.5) is 17.1 Å². The highest BCUT2D eigenvalue weighted by Crippen LogP contribution is 2.43. The van der Waals surface area contributed by atoms with Gasteiger partial charge in [-0.2, -0.15) is 0 Å². The van der Waals surface area contributed by atoms with E-state index in [0.29, 0.717) is 53.4 Å². The number of pyridine rings is 1. The van der Waals surface area contributed by atoms with E-state index in [2.05, 4.69) is 101 Å². The average Bonchev–Trinajstić information content (AvgIpc) is 3.35. The second-order valence-corrected chi connectivity index (χ2v) is 14.0. The standard InChI is InChI=1S/C43H51N2O3/c1-8-48-41(46)17-12-15-39-32(6)42(44-26-10-9-16-40(39)44)43(47)35-13-11-14-38(29-35)45(7,36-22-18-33(19-23-36)27-30(2)3)37-24-20-34(21-25-37)28-31(4)5/h9-11,13-14,16,18-26,29-31H,8,12,15,17,27-28H2,1-7H3/q+1. The van der Waals surface area contributed by atoms with Gasteiger partial charge in [0.15, 0.2) is 0 Å². The highest BCUT2D eigenvalue weighted by molar-refractivity contribution is 6.10. The molecule has 0 unspecified atom stereocenters. The third kappa shape index (κ3) is 7.47. The minimum absolute atomic E-state index is 0.0155. The minimum atomic E-state index is -0.183. The summed E-state index contributed by atoms with van der Waals surface area (Å²) in [7, 11) is 2.22. The first-order chi connectivity index (χ1) is 23.0. The van der Waals surface area contributed by atoms with Gasteiger partial charge < -0.3 is 9.14 Å². The van der Waals surface area contributed by atoms with E-state index in [1.807, 2.05) is 48.7 Å². The second kappa shape index (κ2) is 15.2. The lowest BCUT2D eigenvalue weighted by Crippen LogP contribution is -2.34. The number of esters is 1. The number of carbonyl (C=O) groups is 2. The van der Waals surface area contributed by atoms with Gasteiger partial charge in [-0.25, -0.2) is 4.48 Å². The molecular formula is C43H51N2O3+. The predicted molar refractivity (Wildman–Crippen MR) is 199 cm³/mol. The number of nitrogens with zero attached hydrogens (tertiary/aromatic N) is 2. The molecule has 3 aromatic carbocycles. The van der Waals surface area contributed by atoms with Gasteiger partial charge >= 0.3 is 5.97 Å². The number of hydrogen-bond donors (Lipinski definition) is 0. The van der Waals surface area contributed by atoms with Crippen LogP contribution in [0, 0.1) is 18.8 Å². The van der Waals surface area contributed by atoms with Crippen molar-refractivity contribution < 1.29 is 14.3 Å². The van der Waals surface area contributed by atoms with Crippen molar-refractivity contribution in [3.63, 3.8) is 0 Å². The topological polar surface area (TPSA) is 47.8 Å². The molecule has 0 saturated carbocycles. The molecule has 0 saturated heterocycles. The molecule has 0 bridgehead atoms. The summed E-state index contributed by atoms with van der Waals surface area (Å²) in [5, 5.41) is 0. The number of ketones is 1. The first-order valence-corrected chi connectivity index (χ1v) is 17.5. The zero-order valence-corrected chi connectivity index (χ0v) is 29.8. The van der Waals surface area contributed by atoms with Gasteiger partial charge in [0.1, 0.15) is 17.1 Å². The first kappa shape index (κ1) is 34.8. The number of benzene rings is 3. The normalized spacial score (nSPS) is 11.9. The largest absolute Gasteiger partial charge is 0.466 e. The molecule has 2 heterocycles. The molecule has 250 valence electrons. The van der Waals surface area contributed by atoms with Gasteiger partial charge in [-0.3, -0.25) is 9.59 Å². The molecule has 5 nitrogen and oxygen atoms in total. The van der Waals surface area contributed by atoms with E-state index in [1.165, 1.54) is 11.1 Å². The molecule has 0 aliphatic carbocycles. The van der Waals surface area contributed by atoms with Crippen molar-refractivity contribution in [3.05, 3.63) is 131 Å². The number of quaternary nitrogens is 1. The molecule has 0 fully saturated rings. The van der Waals surface area contributed by atoms with Crippen molar-refractivity contribution in [2.45, 2.75) is 73.6 Å². The summed E-state index contributed by atoms with van der Waals surface area (Å²) in [6.07, 6.45) is 5.75. The maximum atomic E-state index is 14.5. The maximum absolute atomic E-state index is 14.5. The van der Waals surface area contributed by atoms with Gasteiger partial charge in [-0.15, -0.1) is 0 Å². The summed E-state index contributed by atoms with van der Waals surface area (Å²) >= 11 is 0. The molecule has 0 N–H and O–H groups in total. The van der Waals surface area contributed by atoms with Crippen LogP contribution in [0.3, 0.4) is 0 Å². The average molecular weight is 644 g/mol. The molecule has 2 aromatic heterocycles. The van der Waals surface area contributed by atoms with E-state index in [9.17, 15) is 9.59 Å². The zero-order chi connectivity index (χ0) is 34.4. The summed E-state index contributed by atoms with van der Waals surface area (Å²) < 4.78 is 7.58. The third-order valence-electron chi connectivity index (χ3n) is 9.36. The number of carbonyl (C=O) groups excluding carboxylic acids is 2. The van der Waals surface area contributed by atoms with Crippen molar-refractivity contribution in [2.24, 2.45) is 11.8 Å². The van der Waals surface area contributed by atoms with E-state index in [4.69, 9.17) is 4.74 Å². The molecule has 48 heavy (non-hydrogen) atoms. The molecule has 5 aromatic rings. The SMILES string of the molecule is CCOC(=O)CCCc1c(C)c(C(=O)c2cccc([N+](C)(c3ccc(CC(C)C)cc3)c3ccc(CC(C)C)cc3)c2)n2ccccc12. The Kier molecular flexibility index (Phi) is 11.0. The van der Waals surface area contributed by atoms with E-state index < -0.39 is 0 Å². The van der Waals surface area contributed by atoms with Gasteiger partial charge in [0, 0.05) is 60.1 Å². The number of ether oxygens (including phenoxy) is 1. The Balaban J connectivity index is 1.56. The Morgan fingerprint density at radius 1 is 0.771 bits per heavy atom. The summed E-state index contributed by atoms with van der Waals surface area (Å²) in [4.78, 5) is 26.5. The molecule has 5 heteroatoms. The van der Waals surface area contributed by atoms with Crippen LogP contribution in [0.2, 0.25) is 0 Å². The van der Waals surface area contributed by atoms with Crippen LogP contribution in [-0.4, -0.2) is 29.8 Å². The highest BCUT2D eigenvalue weighted by atomic mass is 16.5. The van der Waals surface area contributed by atoms with Crippen LogP contribution in [-0.2, 0) is 28.8 Å². The number of aryl methyl sites for hydroxylation is 1. The molecule has 0 aliphatic heterocycles. The van der Waals surface area contributed by atoms with E-state index >= 15 is 0 Å². The Labute approximate surface area is 286 Å². The van der Waals surface area contributed by atoms with E-state index in [-0.39, 0.29) is 11.8 Å². The summed E-state index contributed by atoms with van der Waals surface area (Å²) in [5.74, 6) is 0.967. The van der Waals surface area contributed by atoms with Crippen LogP contribution in [0.15, 0.2) is 97.2 Å². The molecule has 0 aliphatic rings. The molecule has 5 rings (SSSR count). The lowest BCUT2D eigenvalue weighted by molar-refractivity contribution is -0.143. The van der Waals surface area contributed by atoms with Crippen molar-refractivity contribution in [3.8, 4) is 0 Å². The van der Waals surface area contributed by atoms with Gasteiger partial charge in [0.25, 0.3) is 0 Å². The van der Waals surface area contributed by atoms with E-state index in [0.717, 1.165) is 46.5 Å².